The van der Waals surface area contributed by atoms with Gasteiger partial charge in [0.2, 0.25) is 0 Å². The van der Waals surface area contributed by atoms with Gasteiger partial charge in [-0.1, -0.05) is 24.3 Å². The maximum atomic E-state index is 14.1. The fourth-order valence-electron chi connectivity index (χ4n) is 4.72. The van der Waals surface area contributed by atoms with E-state index in [1.807, 2.05) is 42.9 Å². The van der Waals surface area contributed by atoms with Gasteiger partial charge in [-0.3, -0.25) is 14.9 Å². The van der Waals surface area contributed by atoms with Crippen LogP contribution >= 0.6 is 0 Å². The van der Waals surface area contributed by atoms with Gasteiger partial charge in [0.25, 0.3) is 0 Å². The number of likely N-dealkylation sites (tertiary alicyclic amines) is 1. The van der Waals surface area contributed by atoms with E-state index in [9.17, 15) is 43.9 Å². The highest BCUT2D eigenvalue weighted by Gasteiger charge is 2.48. The lowest BCUT2D eigenvalue weighted by atomic mass is 9.85. The molecule has 0 saturated carbocycles. The maximum absolute atomic E-state index is 14.1. The second-order valence-electron chi connectivity index (χ2n) is 10.3. The summed E-state index contributed by atoms with van der Waals surface area (Å²) < 4.78 is 109. The van der Waals surface area contributed by atoms with Crippen molar-refractivity contribution in [2.45, 2.75) is 43.5 Å². The SMILES string of the molecule is Fc1ccccc1CN1CCC2(C1)CN(Cc1cccnc1)c1cccnc12.O=C(O)C(F)(F)F.O=C(O)C(F)(F)F.O=C(O)C(F)(F)F. The van der Waals surface area contributed by atoms with Crippen LogP contribution in [0, 0.1) is 5.82 Å². The van der Waals surface area contributed by atoms with Crippen LogP contribution in [0.3, 0.4) is 0 Å². The highest BCUT2D eigenvalue weighted by molar-refractivity contribution is 5.73. The number of hydrogen-bond donors (Lipinski definition) is 3. The van der Waals surface area contributed by atoms with E-state index >= 15 is 0 Å². The molecule has 0 aliphatic carbocycles. The molecule has 0 bridgehead atoms. The molecular weight excluding hydrogens is 690 g/mol. The molecule has 1 atom stereocenters. The number of carboxylic acid groups (broad SMARTS) is 3. The van der Waals surface area contributed by atoms with Gasteiger partial charge in [-0.2, -0.15) is 39.5 Å². The van der Waals surface area contributed by atoms with E-state index < -0.39 is 36.4 Å². The number of fused-ring (bicyclic) bond motifs is 2. The van der Waals surface area contributed by atoms with Crippen molar-refractivity contribution >= 4 is 23.6 Å². The predicted octanol–water partition coefficient (Wildman–Crippen LogP) is 5.68. The smallest absolute Gasteiger partial charge is 0.475 e. The second-order valence-corrected chi connectivity index (χ2v) is 10.3. The summed E-state index contributed by atoms with van der Waals surface area (Å²) in [4.78, 5) is 40.5. The first kappa shape index (κ1) is 40.2. The normalized spacial score (nSPS) is 17.1. The minimum atomic E-state index is -5.08. The van der Waals surface area contributed by atoms with Crippen LogP contribution in [0.25, 0.3) is 0 Å². The molecule has 1 aromatic carbocycles. The van der Waals surface area contributed by atoms with Crippen LogP contribution in [0.5, 0.6) is 0 Å². The van der Waals surface area contributed by atoms with Gasteiger partial charge in [0.05, 0.1) is 11.4 Å². The van der Waals surface area contributed by atoms with Gasteiger partial charge in [-0.15, -0.1) is 0 Å². The Hall–Kier alpha value is -5.01. The van der Waals surface area contributed by atoms with Crippen molar-refractivity contribution in [2.24, 2.45) is 0 Å². The molecule has 1 unspecified atom stereocenters. The molecule has 2 aliphatic heterocycles. The minimum absolute atomic E-state index is 0.0179. The Bertz CT molecular complexity index is 1510. The summed E-state index contributed by atoms with van der Waals surface area (Å²) in [6, 6.07) is 15.4. The number of halogens is 10. The Kier molecular flexibility index (Phi) is 13.4. The number of anilines is 1. The van der Waals surface area contributed by atoms with Crippen molar-refractivity contribution in [1.29, 1.82) is 0 Å². The van der Waals surface area contributed by atoms with Crippen molar-refractivity contribution in [2.75, 3.05) is 24.5 Å². The second kappa shape index (κ2) is 16.4. The maximum Gasteiger partial charge on any atom is 0.490 e. The summed E-state index contributed by atoms with van der Waals surface area (Å²) in [6.07, 6.45) is -8.56. The molecule has 49 heavy (non-hydrogen) atoms. The van der Waals surface area contributed by atoms with Crippen LogP contribution in [-0.2, 0) is 32.9 Å². The summed E-state index contributed by atoms with van der Waals surface area (Å²) in [5, 5.41) is 21.4. The highest BCUT2D eigenvalue weighted by Crippen LogP contribution is 2.45. The van der Waals surface area contributed by atoms with Crippen molar-refractivity contribution in [1.82, 2.24) is 14.9 Å². The number of carboxylic acids is 3. The Morgan fingerprint density at radius 2 is 1.27 bits per heavy atom. The number of alkyl halides is 9. The molecule has 2 aliphatic rings. The summed E-state index contributed by atoms with van der Waals surface area (Å²) in [7, 11) is 0. The van der Waals surface area contributed by atoms with E-state index in [1.54, 1.807) is 12.1 Å². The number of carbonyl (C=O) groups is 3. The van der Waals surface area contributed by atoms with Crippen molar-refractivity contribution in [3.63, 3.8) is 0 Å². The number of nitrogens with zero attached hydrogens (tertiary/aromatic N) is 4. The monoisotopic (exact) mass is 716 g/mol. The Labute approximate surface area is 270 Å². The molecule has 4 heterocycles. The molecule has 1 saturated heterocycles. The average Bonchev–Trinajstić information content (AvgIpc) is 3.54. The zero-order chi connectivity index (χ0) is 37.2. The fraction of sp³-hybridized carbons (Fsp3) is 0.345. The standard InChI is InChI=1S/C23H23FN4.3C2HF3O2/c24-20-7-2-1-6-19(20)15-27-12-9-23(16-27)17-28(14-18-5-3-10-25-13-18)21-8-4-11-26-22(21)23;3*3-2(4,5)1(6)7/h1-8,10-11,13H,9,12,14-17H2;3*(H,6,7). The molecule has 1 fully saturated rings. The van der Waals surface area contributed by atoms with E-state index in [-0.39, 0.29) is 11.2 Å². The zero-order valence-corrected chi connectivity index (χ0v) is 24.7. The molecule has 3 aromatic rings. The minimum Gasteiger partial charge on any atom is -0.475 e. The molecule has 5 rings (SSSR count). The molecule has 3 N–H and O–H groups in total. The first-order chi connectivity index (χ1) is 22.6. The van der Waals surface area contributed by atoms with Crippen LogP contribution < -0.4 is 4.90 Å². The quantitative estimate of drug-likeness (QED) is 0.289. The number of benzene rings is 1. The molecular formula is C29H26F10N4O6. The zero-order valence-electron chi connectivity index (χ0n) is 24.7. The Morgan fingerprint density at radius 3 is 1.76 bits per heavy atom. The lowest BCUT2D eigenvalue weighted by Crippen LogP contribution is -2.36. The van der Waals surface area contributed by atoms with Crippen LogP contribution in [0.4, 0.5) is 49.6 Å². The molecule has 2 aromatic heterocycles. The third kappa shape index (κ3) is 12.2. The van der Waals surface area contributed by atoms with E-state index in [2.05, 4.69) is 26.9 Å². The highest BCUT2D eigenvalue weighted by atomic mass is 19.4. The van der Waals surface area contributed by atoms with Gasteiger partial charge in [-0.05, 0) is 42.8 Å². The van der Waals surface area contributed by atoms with E-state index in [0.29, 0.717) is 6.54 Å². The van der Waals surface area contributed by atoms with Crippen molar-refractivity contribution in [3.8, 4) is 0 Å². The van der Waals surface area contributed by atoms with E-state index in [4.69, 9.17) is 34.7 Å². The first-order valence-electron chi connectivity index (χ1n) is 13.5. The van der Waals surface area contributed by atoms with Crippen molar-refractivity contribution in [3.05, 3.63) is 89.8 Å². The molecule has 0 amide bonds. The van der Waals surface area contributed by atoms with Gasteiger partial charge in [0.1, 0.15) is 5.82 Å². The summed E-state index contributed by atoms with van der Waals surface area (Å²) in [5.74, 6) is -8.39. The lowest BCUT2D eigenvalue weighted by molar-refractivity contribution is -0.193. The van der Waals surface area contributed by atoms with Gasteiger partial charge in [-0.25, -0.2) is 18.8 Å². The number of rotatable bonds is 4. The molecule has 10 nitrogen and oxygen atoms in total. The summed E-state index contributed by atoms with van der Waals surface area (Å²) in [5.41, 5.74) is 4.40. The van der Waals surface area contributed by atoms with E-state index in [1.165, 1.54) is 16.9 Å². The van der Waals surface area contributed by atoms with Gasteiger partial charge < -0.3 is 20.2 Å². The Balaban J connectivity index is 0.000000325. The molecule has 20 heteroatoms. The molecule has 268 valence electrons. The predicted molar refractivity (Wildman–Crippen MR) is 149 cm³/mol. The number of hydrogen-bond acceptors (Lipinski definition) is 7. The Morgan fingerprint density at radius 1 is 0.735 bits per heavy atom. The number of aromatic nitrogens is 2. The lowest BCUT2D eigenvalue weighted by Gasteiger charge is -2.26. The third-order valence-electron chi connectivity index (χ3n) is 6.73. The third-order valence-corrected chi connectivity index (χ3v) is 6.73. The number of pyridine rings is 2. The fourth-order valence-corrected chi connectivity index (χ4v) is 4.72. The summed E-state index contributed by atoms with van der Waals surface area (Å²) in [6.45, 7) is 4.31. The van der Waals surface area contributed by atoms with Gasteiger partial charge in [0.15, 0.2) is 0 Å². The van der Waals surface area contributed by atoms with Gasteiger partial charge >= 0.3 is 36.4 Å². The average molecular weight is 717 g/mol. The largest absolute Gasteiger partial charge is 0.490 e. The van der Waals surface area contributed by atoms with E-state index in [0.717, 1.165) is 38.2 Å². The topological polar surface area (TPSA) is 144 Å². The van der Waals surface area contributed by atoms with Crippen molar-refractivity contribution < 1.29 is 73.6 Å². The molecule has 1 spiro atoms. The molecule has 0 radical (unpaired) electrons. The summed E-state index contributed by atoms with van der Waals surface area (Å²) >= 11 is 0. The van der Waals surface area contributed by atoms with Gasteiger partial charge in [0, 0.05) is 55.7 Å². The van der Waals surface area contributed by atoms with Crippen LogP contribution in [0.1, 0.15) is 23.2 Å². The first-order valence-corrected chi connectivity index (χ1v) is 13.5. The van der Waals surface area contributed by atoms with Crippen LogP contribution in [0.15, 0.2) is 67.1 Å². The van der Waals surface area contributed by atoms with Crippen LogP contribution in [-0.4, -0.2) is 86.3 Å². The number of aliphatic carboxylic acids is 3. The van der Waals surface area contributed by atoms with Crippen LogP contribution in [0.2, 0.25) is 0 Å².